The number of carbonyl (C=O) groups excluding carboxylic acids is 1. The van der Waals surface area contributed by atoms with Crippen LogP contribution in [0.2, 0.25) is 4.34 Å². The smallest absolute Gasteiger partial charge is 0.348 e. The first-order valence-corrected chi connectivity index (χ1v) is 7.83. The Morgan fingerprint density at radius 1 is 1.20 bits per heavy atom. The molecule has 0 saturated heterocycles. The van der Waals surface area contributed by atoms with E-state index in [1.165, 1.54) is 22.7 Å². The molecule has 0 bridgehead atoms. The minimum absolute atomic E-state index is 0.243. The zero-order chi connectivity index (χ0) is 14.1. The summed E-state index contributed by atoms with van der Waals surface area (Å²) >= 11 is 8.64. The summed E-state index contributed by atoms with van der Waals surface area (Å²) < 4.78 is 6.99. The van der Waals surface area contributed by atoms with Crippen molar-refractivity contribution in [2.24, 2.45) is 0 Å². The minimum atomic E-state index is -0.325. The molecule has 0 fully saturated rings. The first-order valence-electron chi connectivity index (χ1n) is 5.82. The van der Waals surface area contributed by atoms with Crippen molar-refractivity contribution < 1.29 is 9.53 Å². The lowest BCUT2D eigenvalue weighted by atomic mass is 10.2. The number of hydrogen-bond donors (Lipinski definition) is 1. The van der Waals surface area contributed by atoms with Crippen LogP contribution in [0.3, 0.4) is 0 Å². The van der Waals surface area contributed by atoms with E-state index in [1.54, 1.807) is 12.1 Å². The van der Waals surface area contributed by atoms with Crippen molar-refractivity contribution >= 4 is 56.0 Å². The number of anilines is 1. The summed E-state index contributed by atoms with van der Waals surface area (Å²) in [4.78, 5) is 13.5. The molecule has 0 aliphatic carbocycles. The van der Waals surface area contributed by atoms with Crippen LogP contribution in [-0.4, -0.2) is 5.97 Å². The van der Waals surface area contributed by atoms with Crippen molar-refractivity contribution in [1.29, 1.82) is 0 Å². The number of carbonyl (C=O) groups is 1. The second kappa shape index (κ2) is 5.44. The first kappa shape index (κ1) is 13.4. The van der Waals surface area contributed by atoms with Gasteiger partial charge in [0.25, 0.3) is 0 Å². The van der Waals surface area contributed by atoms with Gasteiger partial charge in [-0.25, -0.2) is 4.79 Å². The normalized spacial score (nSPS) is 10.8. The van der Waals surface area contributed by atoms with Gasteiger partial charge in [0.15, 0.2) is 0 Å². The number of fused-ring (bicyclic) bond motifs is 1. The van der Waals surface area contributed by atoms with Gasteiger partial charge in [-0.3, -0.25) is 0 Å². The largest absolute Gasteiger partial charge is 0.456 e. The maximum absolute atomic E-state index is 12.0. The zero-order valence-corrected chi connectivity index (χ0v) is 12.6. The topological polar surface area (TPSA) is 52.3 Å². The van der Waals surface area contributed by atoms with E-state index in [0.717, 1.165) is 15.0 Å². The Hall–Kier alpha value is -1.56. The number of rotatable bonds is 3. The molecule has 2 aromatic heterocycles. The molecule has 0 atom stereocenters. The van der Waals surface area contributed by atoms with Crippen LogP contribution in [0, 0.1) is 0 Å². The van der Waals surface area contributed by atoms with Crippen LogP contribution in [0.15, 0.2) is 36.4 Å². The van der Waals surface area contributed by atoms with Crippen LogP contribution >= 0.6 is 34.3 Å². The van der Waals surface area contributed by atoms with E-state index >= 15 is 0 Å². The van der Waals surface area contributed by atoms with E-state index in [1.807, 2.05) is 24.3 Å². The van der Waals surface area contributed by atoms with Crippen LogP contribution < -0.4 is 5.73 Å². The average Bonchev–Trinajstić information content (AvgIpc) is 3.01. The summed E-state index contributed by atoms with van der Waals surface area (Å²) in [6.07, 6.45) is 0. The molecular weight excluding hydrogens is 314 g/mol. The highest BCUT2D eigenvalue weighted by Crippen LogP contribution is 2.28. The maximum atomic E-state index is 12.0. The van der Waals surface area contributed by atoms with Crippen molar-refractivity contribution in [1.82, 2.24) is 0 Å². The Morgan fingerprint density at radius 3 is 2.80 bits per heavy atom. The van der Waals surface area contributed by atoms with E-state index < -0.39 is 0 Å². The van der Waals surface area contributed by atoms with Gasteiger partial charge in [-0.05, 0) is 41.8 Å². The van der Waals surface area contributed by atoms with Gasteiger partial charge >= 0.3 is 5.97 Å². The molecule has 6 heteroatoms. The molecule has 1 aromatic carbocycles. The Kier molecular flexibility index (Phi) is 3.65. The summed E-state index contributed by atoms with van der Waals surface area (Å²) in [6, 6.07) is 11.0. The van der Waals surface area contributed by atoms with Gasteiger partial charge in [-0.1, -0.05) is 11.6 Å². The molecule has 2 heterocycles. The number of nitrogens with two attached hydrogens (primary N) is 1. The summed E-state index contributed by atoms with van der Waals surface area (Å²) in [5, 5.41) is 0.959. The molecule has 3 rings (SSSR count). The monoisotopic (exact) mass is 323 g/mol. The lowest BCUT2D eigenvalue weighted by molar-refractivity contribution is 0.0483. The number of ether oxygens (including phenoxy) is 1. The number of benzene rings is 1. The van der Waals surface area contributed by atoms with E-state index in [-0.39, 0.29) is 12.6 Å². The molecule has 20 heavy (non-hydrogen) atoms. The number of hydrogen-bond acceptors (Lipinski definition) is 5. The number of thiophene rings is 2. The highest BCUT2D eigenvalue weighted by molar-refractivity contribution is 7.20. The predicted molar refractivity (Wildman–Crippen MR) is 84.7 cm³/mol. The zero-order valence-electron chi connectivity index (χ0n) is 10.3. The summed E-state index contributed by atoms with van der Waals surface area (Å²) in [7, 11) is 0. The molecule has 0 saturated carbocycles. The maximum Gasteiger partial charge on any atom is 0.348 e. The third-order valence-corrected chi connectivity index (χ3v) is 5.02. The van der Waals surface area contributed by atoms with Gasteiger partial charge in [0, 0.05) is 15.3 Å². The summed E-state index contributed by atoms with van der Waals surface area (Å²) in [6.45, 7) is 0.243. The van der Waals surface area contributed by atoms with Gasteiger partial charge in [0.05, 0.1) is 4.34 Å². The van der Waals surface area contributed by atoms with Crippen LogP contribution in [0.4, 0.5) is 5.69 Å². The van der Waals surface area contributed by atoms with Crippen LogP contribution in [0.25, 0.3) is 10.1 Å². The van der Waals surface area contributed by atoms with Gasteiger partial charge < -0.3 is 10.5 Å². The fraction of sp³-hybridized carbons (Fsp3) is 0.0714. The van der Waals surface area contributed by atoms with Gasteiger partial charge in [0.2, 0.25) is 0 Å². The van der Waals surface area contributed by atoms with Gasteiger partial charge in [0.1, 0.15) is 11.5 Å². The molecule has 3 nitrogen and oxygen atoms in total. The van der Waals surface area contributed by atoms with E-state index in [0.29, 0.717) is 14.9 Å². The molecule has 0 aliphatic rings. The highest BCUT2D eigenvalue weighted by Gasteiger charge is 2.12. The SMILES string of the molecule is Nc1ccc2sc(C(=O)OCc3ccc(Cl)s3)cc2c1. The number of halogens is 1. The Labute approximate surface area is 128 Å². The van der Waals surface area contributed by atoms with Crippen molar-refractivity contribution in [2.45, 2.75) is 6.61 Å². The number of esters is 1. The van der Waals surface area contributed by atoms with Crippen LogP contribution in [0.1, 0.15) is 14.5 Å². The van der Waals surface area contributed by atoms with Crippen molar-refractivity contribution in [3.63, 3.8) is 0 Å². The molecule has 0 unspecified atom stereocenters. The van der Waals surface area contributed by atoms with Crippen molar-refractivity contribution in [2.75, 3.05) is 5.73 Å². The lowest BCUT2D eigenvalue weighted by Gasteiger charge is -2.00. The fourth-order valence-corrected chi connectivity index (χ4v) is 3.74. The molecule has 0 radical (unpaired) electrons. The van der Waals surface area contributed by atoms with Crippen LogP contribution in [0.5, 0.6) is 0 Å². The van der Waals surface area contributed by atoms with Crippen LogP contribution in [-0.2, 0) is 11.3 Å². The predicted octanol–water partition coefficient (Wildman–Crippen LogP) is 4.56. The molecule has 3 aromatic rings. The standard InChI is InChI=1S/C14H10ClNO2S2/c15-13-4-2-10(19-13)7-18-14(17)12-6-8-5-9(16)1-3-11(8)20-12/h1-6H,7,16H2. The third-order valence-electron chi connectivity index (χ3n) is 2.72. The number of nitrogen functional groups attached to an aromatic ring is 1. The quantitative estimate of drug-likeness (QED) is 0.568. The fourth-order valence-electron chi connectivity index (χ4n) is 1.80. The molecule has 0 amide bonds. The molecule has 0 aliphatic heterocycles. The average molecular weight is 324 g/mol. The second-order valence-corrected chi connectivity index (χ2v) is 7.07. The van der Waals surface area contributed by atoms with Gasteiger partial charge in [-0.15, -0.1) is 22.7 Å². The van der Waals surface area contributed by atoms with E-state index in [9.17, 15) is 4.79 Å². The van der Waals surface area contributed by atoms with Gasteiger partial charge in [-0.2, -0.15) is 0 Å². The lowest BCUT2D eigenvalue weighted by Crippen LogP contribution is -2.01. The summed E-state index contributed by atoms with van der Waals surface area (Å²) in [5.41, 5.74) is 6.41. The molecule has 2 N–H and O–H groups in total. The Balaban J connectivity index is 1.75. The summed E-state index contributed by atoms with van der Waals surface area (Å²) in [5.74, 6) is -0.325. The Bertz CT molecular complexity index is 778. The molecule has 102 valence electrons. The van der Waals surface area contributed by atoms with E-state index in [2.05, 4.69) is 0 Å². The third kappa shape index (κ3) is 2.80. The van der Waals surface area contributed by atoms with Crippen molar-refractivity contribution in [3.8, 4) is 0 Å². The molecule has 0 spiro atoms. The van der Waals surface area contributed by atoms with Crippen molar-refractivity contribution in [3.05, 3.63) is 50.5 Å². The molecular formula is C14H10ClNO2S2. The highest BCUT2D eigenvalue weighted by atomic mass is 35.5. The Morgan fingerprint density at radius 2 is 2.05 bits per heavy atom. The first-order chi connectivity index (χ1) is 9.61. The minimum Gasteiger partial charge on any atom is -0.456 e. The second-order valence-electron chi connectivity index (χ2n) is 4.19. The van der Waals surface area contributed by atoms with E-state index in [4.69, 9.17) is 22.1 Å².